The van der Waals surface area contributed by atoms with E-state index in [9.17, 15) is 22.4 Å². The van der Waals surface area contributed by atoms with E-state index in [0.717, 1.165) is 29.9 Å². The molecule has 0 N–H and O–H groups in total. The van der Waals surface area contributed by atoms with Crippen molar-refractivity contribution in [2.45, 2.75) is 4.90 Å². The van der Waals surface area contributed by atoms with Crippen LogP contribution < -0.4 is 15.4 Å². The Morgan fingerprint density at radius 3 is 2.38 bits per heavy atom. The van der Waals surface area contributed by atoms with Crippen molar-refractivity contribution in [1.29, 1.82) is 0 Å². The van der Waals surface area contributed by atoms with Crippen molar-refractivity contribution in [2.24, 2.45) is 14.1 Å². The highest BCUT2D eigenvalue weighted by Crippen LogP contribution is 2.19. The average Bonchev–Trinajstić information content (AvgIpc) is 2.42. The molecule has 0 spiro atoms. The van der Waals surface area contributed by atoms with Gasteiger partial charge in [0, 0.05) is 20.3 Å². The lowest BCUT2D eigenvalue weighted by molar-refractivity contribution is 0.457. The third-order valence-electron chi connectivity index (χ3n) is 2.72. The molecule has 0 fully saturated rings. The van der Waals surface area contributed by atoms with Crippen molar-refractivity contribution < 1.29 is 17.0 Å². The Balaban J connectivity index is 2.59. The largest absolute Gasteiger partial charge is 0.376 e. The molecular formula is C12H11FN2O5S. The molecule has 2 rings (SSSR count). The molecular weight excluding hydrogens is 303 g/mol. The number of aromatic nitrogens is 2. The normalized spacial score (nSPS) is 11.4. The summed E-state index contributed by atoms with van der Waals surface area (Å²) in [5, 5.41) is 0. The molecule has 0 aliphatic heterocycles. The summed E-state index contributed by atoms with van der Waals surface area (Å²) in [6.45, 7) is 0. The van der Waals surface area contributed by atoms with E-state index in [1.807, 2.05) is 0 Å². The number of hydrogen-bond acceptors (Lipinski definition) is 5. The fourth-order valence-corrected chi connectivity index (χ4v) is 2.72. The first-order chi connectivity index (χ1) is 9.74. The molecule has 21 heavy (non-hydrogen) atoms. The van der Waals surface area contributed by atoms with Gasteiger partial charge in [0.05, 0.1) is 0 Å². The van der Waals surface area contributed by atoms with Crippen molar-refractivity contribution in [1.82, 2.24) is 9.13 Å². The number of benzene rings is 1. The summed E-state index contributed by atoms with van der Waals surface area (Å²) >= 11 is 0. The highest BCUT2D eigenvalue weighted by atomic mass is 32.2. The first-order valence-corrected chi connectivity index (χ1v) is 7.10. The highest BCUT2D eigenvalue weighted by molar-refractivity contribution is 7.87. The van der Waals surface area contributed by atoms with Crippen LogP contribution in [0.5, 0.6) is 5.75 Å². The Labute approximate surface area is 119 Å². The third-order valence-corrected chi connectivity index (χ3v) is 3.94. The van der Waals surface area contributed by atoms with Crippen molar-refractivity contribution in [3.8, 4) is 5.75 Å². The lowest BCUT2D eigenvalue weighted by Crippen LogP contribution is -2.39. The zero-order valence-electron chi connectivity index (χ0n) is 11.1. The van der Waals surface area contributed by atoms with Crippen LogP contribution in [0.25, 0.3) is 0 Å². The molecule has 0 aliphatic carbocycles. The predicted octanol–water partition coefficient (Wildman–Crippen LogP) is -0.00920. The molecule has 1 aromatic heterocycles. The Kier molecular flexibility index (Phi) is 3.69. The van der Waals surface area contributed by atoms with E-state index in [1.165, 1.54) is 19.2 Å². The maximum absolute atomic E-state index is 13.4. The number of para-hydroxylation sites is 1. The minimum Gasteiger partial charge on any atom is -0.376 e. The molecule has 9 heteroatoms. The lowest BCUT2D eigenvalue weighted by atomic mass is 10.3. The summed E-state index contributed by atoms with van der Waals surface area (Å²) < 4.78 is 43.7. The molecule has 2 aromatic rings. The monoisotopic (exact) mass is 314 g/mol. The molecule has 112 valence electrons. The van der Waals surface area contributed by atoms with E-state index in [1.54, 1.807) is 0 Å². The minimum absolute atomic E-state index is 0.534. The van der Waals surface area contributed by atoms with Gasteiger partial charge < -0.3 is 8.75 Å². The molecule has 0 saturated heterocycles. The van der Waals surface area contributed by atoms with Crippen molar-refractivity contribution in [3.05, 3.63) is 57.1 Å². The van der Waals surface area contributed by atoms with Gasteiger partial charge in [-0.2, -0.15) is 8.42 Å². The van der Waals surface area contributed by atoms with Gasteiger partial charge in [-0.15, -0.1) is 0 Å². The van der Waals surface area contributed by atoms with Gasteiger partial charge >= 0.3 is 15.8 Å². The van der Waals surface area contributed by atoms with Gasteiger partial charge in [-0.25, -0.2) is 9.18 Å². The topological polar surface area (TPSA) is 87.4 Å². The third kappa shape index (κ3) is 2.72. The van der Waals surface area contributed by atoms with E-state index in [4.69, 9.17) is 0 Å². The van der Waals surface area contributed by atoms with Crippen molar-refractivity contribution in [2.75, 3.05) is 0 Å². The second-order valence-electron chi connectivity index (χ2n) is 4.22. The second kappa shape index (κ2) is 5.17. The van der Waals surface area contributed by atoms with Crippen LogP contribution >= 0.6 is 0 Å². The zero-order valence-corrected chi connectivity index (χ0v) is 11.9. The molecule has 0 atom stereocenters. The standard InChI is InChI=1S/C12H11FN2O5S/c1-14-7-10(11(16)15(2)12(14)17)21(18,19)20-9-6-4-3-5-8(9)13/h3-7H,1-2H3. The molecule has 1 aromatic carbocycles. The van der Waals surface area contributed by atoms with Crippen LogP contribution in [0, 0.1) is 5.82 Å². The summed E-state index contributed by atoms with van der Waals surface area (Å²) in [5.41, 5.74) is -1.74. The van der Waals surface area contributed by atoms with Crippen LogP contribution in [-0.2, 0) is 24.2 Å². The maximum atomic E-state index is 13.4. The first-order valence-electron chi connectivity index (χ1n) is 5.69. The number of rotatable bonds is 3. The summed E-state index contributed by atoms with van der Waals surface area (Å²) in [6.07, 6.45) is 0.834. The Bertz CT molecular complexity index is 914. The van der Waals surface area contributed by atoms with E-state index in [2.05, 4.69) is 4.18 Å². The fraction of sp³-hybridized carbons (Fsp3) is 0.167. The average molecular weight is 314 g/mol. The van der Waals surface area contributed by atoms with Crippen LogP contribution in [0.15, 0.2) is 44.9 Å². The Morgan fingerprint density at radius 1 is 1.14 bits per heavy atom. The van der Waals surface area contributed by atoms with Crippen LogP contribution in [0.4, 0.5) is 4.39 Å². The summed E-state index contributed by atoms with van der Waals surface area (Å²) in [7, 11) is -2.15. The van der Waals surface area contributed by atoms with Crippen LogP contribution in [-0.4, -0.2) is 17.6 Å². The summed E-state index contributed by atoms with van der Waals surface area (Å²) in [4.78, 5) is 22.6. The number of nitrogens with zero attached hydrogens (tertiary/aromatic N) is 2. The zero-order chi connectivity index (χ0) is 15.8. The molecule has 7 nitrogen and oxygen atoms in total. The van der Waals surface area contributed by atoms with Crippen molar-refractivity contribution in [3.63, 3.8) is 0 Å². The maximum Gasteiger partial charge on any atom is 0.346 e. The SMILES string of the molecule is Cn1cc(S(=O)(=O)Oc2ccccc2F)c(=O)n(C)c1=O. The Morgan fingerprint density at radius 2 is 1.76 bits per heavy atom. The molecule has 0 unspecified atom stereocenters. The lowest BCUT2D eigenvalue weighted by Gasteiger charge is -2.09. The molecule has 0 radical (unpaired) electrons. The smallest absolute Gasteiger partial charge is 0.346 e. The highest BCUT2D eigenvalue weighted by Gasteiger charge is 2.24. The summed E-state index contributed by atoms with van der Waals surface area (Å²) in [5.74, 6) is -1.42. The molecule has 1 heterocycles. The molecule has 0 bridgehead atoms. The number of hydrogen-bond donors (Lipinski definition) is 0. The van der Waals surface area contributed by atoms with Crippen LogP contribution in [0.2, 0.25) is 0 Å². The van der Waals surface area contributed by atoms with Gasteiger partial charge in [0.2, 0.25) is 0 Å². The molecule has 0 saturated carbocycles. The van der Waals surface area contributed by atoms with Gasteiger partial charge in [0.1, 0.15) is 0 Å². The predicted molar refractivity (Wildman–Crippen MR) is 71.1 cm³/mol. The Hall–Kier alpha value is -2.42. The fourth-order valence-electron chi connectivity index (χ4n) is 1.62. The van der Waals surface area contributed by atoms with Gasteiger partial charge in [-0.1, -0.05) is 12.1 Å². The van der Waals surface area contributed by atoms with Gasteiger partial charge in [-0.05, 0) is 12.1 Å². The summed E-state index contributed by atoms with van der Waals surface area (Å²) in [6, 6.07) is 4.87. The van der Waals surface area contributed by atoms with Crippen LogP contribution in [0.3, 0.4) is 0 Å². The van der Waals surface area contributed by atoms with E-state index in [-0.39, 0.29) is 0 Å². The quantitative estimate of drug-likeness (QED) is 0.744. The molecule has 0 amide bonds. The van der Waals surface area contributed by atoms with E-state index >= 15 is 0 Å². The second-order valence-corrected chi connectivity index (χ2v) is 5.73. The van der Waals surface area contributed by atoms with Crippen molar-refractivity contribution >= 4 is 10.1 Å². The number of aryl methyl sites for hydroxylation is 1. The number of halogens is 1. The van der Waals surface area contributed by atoms with E-state index in [0.29, 0.717) is 4.57 Å². The van der Waals surface area contributed by atoms with E-state index < -0.39 is 37.8 Å². The molecule has 0 aliphatic rings. The van der Waals surface area contributed by atoms with Gasteiger partial charge in [0.25, 0.3) is 5.56 Å². The van der Waals surface area contributed by atoms with Gasteiger partial charge in [0.15, 0.2) is 16.5 Å². The van der Waals surface area contributed by atoms with Gasteiger partial charge in [-0.3, -0.25) is 9.36 Å². The first kappa shape index (κ1) is 15.0. The minimum atomic E-state index is -4.56. The van der Waals surface area contributed by atoms with Crippen LogP contribution in [0.1, 0.15) is 0 Å².